The molecule has 3 rings (SSSR count). The van der Waals surface area contributed by atoms with Crippen LogP contribution in [0.3, 0.4) is 0 Å². The molecule has 0 saturated carbocycles. The van der Waals surface area contributed by atoms with Crippen LogP contribution in [0.2, 0.25) is 0 Å². The van der Waals surface area contributed by atoms with E-state index in [4.69, 9.17) is 18.9 Å². The Bertz CT molecular complexity index is 1380. The summed E-state index contributed by atoms with van der Waals surface area (Å²) < 4.78 is 51.6. The Morgan fingerprint density at radius 2 is 1.73 bits per heavy atom. The SMILES string of the molecule is CC(=O)OCC(O[C@H](Sc1cncc(Br)c1)[C@@H](Cn1cc(-c2ccc(F)c(F)c2)nn1)OC(C)=O)[C@@H](C)OC(C)=O. The van der Waals surface area contributed by atoms with Gasteiger partial charge in [-0.2, -0.15) is 0 Å². The Kier molecular flexibility index (Phi) is 11.7. The molecule has 0 saturated heterocycles. The lowest BCUT2D eigenvalue weighted by Crippen LogP contribution is -2.43. The van der Waals surface area contributed by atoms with E-state index in [2.05, 4.69) is 31.2 Å². The largest absolute Gasteiger partial charge is 0.463 e. The van der Waals surface area contributed by atoms with Crippen molar-refractivity contribution in [2.75, 3.05) is 6.61 Å². The van der Waals surface area contributed by atoms with Crippen LogP contribution in [0.5, 0.6) is 0 Å². The highest BCUT2D eigenvalue weighted by atomic mass is 79.9. The van der Waals surface area contributed by atoms with Gasteiger partial charge in [0.1, 0.15) is 29.9 Å². The molecule has 0 bridgehead atoms. The van der Waals surface area contributed by atoms with Gasteiger partial charge in [0.15, 0.2) is 17.7 Å². The Hall–Kier alpha value is -3.43. The van der Waals surface area contributed by atoms with Gasteiger partial charge < -0.3 is 18.9 Å². The lowest BCUT2D eigenvalue weighted by atomic mass is 10.1. The summed E-state index contributed by atoms with van der Waals surface area (Å²) in [5.41, 5.74) is -0.425. The molecule has 0 radical (unpaired) electrons. The molecule has 2 heterocycles. The second-order valence-electron chi connectivity index (χ2n) is 8.72. The normalized spacial score (nSPS) is 14.0. The van der Waals surface area contributed by atoms with Crippen LogP contribution >= 0.6 is 27.7 Å². The fourth-order valence-electron chi connectivity index (χ4n) is 3.53. The van der Waals surface area contributed by atoms with Crippen molar-refractivity contribution >= 4 is 45.6 Å². The highest BCUT2D eigenvalue weighted by molar-refractivity contribution is 9.10. The van der Waals surface area contributed by atoms with Crippen molar-refractivity contribution in [1.29, 1.82) is 0 Å². The van der Waals surface area contributed by atoms with Crippen LogP contribution in [-0.2, 0) is 39.9 Å². The molecule has 0 spiro atoms. The van der Waals surface area contributed by atoms with Gasteiger partial charge in [0.05, 0.1) is 12.7 Å². The van der Waals surface area contributed by atoms with Crippen molar-refractivity contribution < 1.29 is 42.1 Å². The van der Waals surface area contributed by atoms with E-state index < -0.39 is 53.3 Å². The lowest BCUT2D eigenvalue weighted by molar-refractivity contribution is -0.170. The number of aromatic nitrogens is 4. The third-order valence-corrected chi connectivity index (χ3v) is 6.89. The standard InChI is InChI=1S/C26H27BrF2N4O7S/c1-14(38-16(3)35)25(13-37-15(2)34)40-26(41-20-8-19(27)9-30-10-20)24(39-17(4)36)12-33-11-23(31-32-33)18-5-6-21(28)22(29)7-18/h5-11,14,24-26H,12-13H2,1-4H3/t14-,24-,25?,26-/m1/s1. The maximum absolute atomic E-state index is 13.8. The number of rotatable bonds is 13. The van der Waals surface area contributed by atoms with Gasteiger partial charge >= 0.3 is 17.9 Å². The van der Waals surface area contributed by atoms with E-state index in [9.17, 15) is 23.2 Å². The van der Waals surface area contributed by atoms with Crippen LogP contribution in [0, 0.1) is 11.6 Å². The minimum absolute atomic E-state index is 0.0718. The van der Waals surface area contributed by atoms with Gasteiger partial charge in [-0.15, -0.1) is 5.10 Å². The molecule has 0 aliphatic carbocycles. The zero-order valence-corrected chi connectivity index (χ0v) is 24.9. The Balaban J connectivity index is 1.95. The Morgan fingerprint density at radius 1 is 1.00 bits per heavy atom. The number of nitrogens with zero attached hydrogens (tertiary/aromatic N) is 4. The Morgan fingerprint density at radius 3 is 2.37 bits per heavy atom. The average molecular weight is 657 g/mol. The summed E-state index contributed by atoms with van der Waals surface area (Å²) in [5.74, 6) is -3.80. The molecular weight excluding hydrogens is 630 g/mol. The first-order valence-corrected chi connectivity index (χ1v) is 13.8. The summed E-state index contributed by atoms with van der Waals surface area (Å²) in [7, 11) is 0. The first-order valence-electron chi connectivity index (χ1n) is 12.2. The minimum Gasteiger partial charge on any atom is -0.463 e. The van der Waals surface area contributed by atoms with Crippen LogP contribution < -0.4 is 0 Å². The number of carbonyl (C=O) groups excluding carboxylic acids is 3. The lowest BCUT2D eigenvalue weighted by Gasteiger charge is -2.32. The highest BCUT2D eigenvalue weighted by Gasteiger charge is 2.34. The molecule has 0 aliphatic rings. The van der Waals surface area contributed by atoms with Gasteiger partial charge in [0, 0.05) is 48.1 Å². The molecule has 15 heteroatoms. The summed E-state index contributed by atoms with van der Waals surface area (Å²) in [4.78, 5) is 40.2. The maximum atomic E-state index is 13.8. The second-order valence-corrected chi connectivity index (χ2v) is 10.8. The van der Waals surface area contributed by atoms with Crippen LogP contribution in [-0.4, -0.2) is 68.2 Å². The van der Waals surface area contributed by atoms with Crippen molar-refractivity contribution in [1.82, 2.24) is 20.0 Å². The zero-order chi connectivity index (χ0) is 30.1. The third kappa shape index (κ3) is 10.2. The maximum Gasteiger partial charge on any atom is 0.303 e. The molecule has 4 atom stereocenters. The topological polar surface area (TPSA) is 132 Å². The first-order chi connectivity index (χ1) is 19.4. The van der Waals surface area contributed by atoms with Gasteiger partial charge in [-0.25, -0.2) is 13.5 Å². The average Bonchev–Trinajstić information content (AvgIpc) is 3.34. The summed E-state index contributed by atoms with van der Waals surface area (Å²) in [6.45, 7) is 4.93. The van der Waals surface area contributed by atoms with Crippen molar-refractivity contribution in [3.63, 3.8) is 0 Å². The van der Waals surface area contributed by atoms with Crippen molar-refractivity contribution in [2.45, 2.75) is 62.9 Å². The number of ether oxygens (including phenoxy) is 4. The summed E-state index contributed by atoms with van der Waals surface area (Å²) >= 11 is 4.52. The van der Waals surface area contributed by atoms with E-state index in [1.807, 2.05) is 0 Å². The fourth-order valence-corrected chi connectivity index (χ4v) is 5.12. The van der Waals surface area contributed by atoms with Gasteiger partial charge in [0.25, 0.3) is 0 Å². The number of halogens is 3. The predicted octanol–water partition coefficient (Wildman–Crippen LogP) is 4.33. The molecule has 2 aromatic heterocycles. The van der Waals surface area contributed by atoms with Crippen LogP contribution in [0.1, 0.15) is 27.7 Å². The third-order valence-electron chi connectivity index (χ3n) is 5.31. The molecule has 0 aliphatic heterocycles. The summed E-state index contributed by atoms with van der Waals surface area (Å²) in [6.07, 6.45) is 1.82. The van der Waals surface area contributed by atoms with Crippen LogP contribution in [0.25, 0.3) is 11.3 Å². The number of thioether (sulfide) groups is 1. The van der Waals surface area contributed by atoms with E-state index in [0.717, 1.165) is 23.9 Å². The van der Waals surface area contributed by atoms with Crippen molar-refractivity contribution in [2.24, 2.45) is 0 Å². The van der Waals surface area contributed by atoms with E-state index >= 15 is 0 Å². The highest BCUT2D eigenvalue weighted by Crippen LogP contribution is 2.32. The smallest absolute Gasteiger partial charge is 0.303 e. The number of benzene rings is 1. The molecule has 41 heavy (non-hydrogen) atoms. The summed E-state index contributed by atoms with van der Waals surface area (Å²) in [6, 6.07) is 5.09. The quantitative estimate of drug-likeness (QED) is 0.113. The number of esters is 3. The van der Waals surface area contributed by atoms with Crippen molar-refractivity contribution in [3.8, 4) is 11.3 Å². The fraction of sp³-hybridized carbons (Fsp3) is 0.385. The van der Waals surface area contributed by atoms with Crippen LogP contribution in [0.4, 0.5) is 8.78 Å². The van der Waals surface area contributed by atoms with Gasteiger partial charge in [-0.1, -0.05) is 17.0 Å². The minimum atomic E-state index is -1.04. The Labute approximate surface area is 247 Å². The van der Waals surface area contributed by atoms with E-state index in [1.165, 1.54) is 37.7 Å². The van der Waals surface area contributed by atoms with Gasteiger partial charge in [-0.3, -0.25) is 19.4 Å². The second kappa shape index (κ2) is 15.0. The zero-order valence-electron chi connectivity index (χ0n) is 22.5. The molecule has 3 aromatic rings. The van der Waals surface area contributed by atoms with Crippen LogP contribution in [0.15, 0.2) is 52.2 Å². The number of hydrogen-bond donors (Lipinski definition) is 0. The number of hydrogen-bond acceptors (Lipinski definition) is 11. The van der Waals surface area contributed by atoms with E-state index in [1.54, 1.807) is 25.4 Å². The number of pyridine rings is 1. The first kappa shape index (κ1) is 32.1. The molecule has 220 valence electrons. The van der Waals surface area contributed by atoms with E-state index in [-0.39, 0.29) is 18.8 Å². The molecular formula is C26H27BrF2N4O7S. The number of carbonyl (C=O) groups is 3. The van der Waals surface area contributed by atoms with Gasteiger partial charge in [0.2, 0.25) is 0 Å². The molecule has 0 amide bonds. The monoisotopic (exact) mass is 656 g/mol. The molecule has 11 nitrogen and oxygen atoms in total. The molecule has 1 unspecified atom stereocenters. The summed E-state index contributed by atoms with van der Waals surface area (Å²) in [5, 5.41) is 8.06. The molecule has 0 fully saturated rings. The molecule has 0 N–H and O–H groups in total. The van der Waals surface area contributed by atoms with E-state index in [0.29, 0.717) is 14.9 Å². The molecule has 1 aromatic carbocycles. The van der Waals surface area contributed by atoms with Gasteiger partial charge in [-0.05, 0) is 47.1 Å². The predicted molar refractivity (Wildman–Crippen MR) is 145 cm³/mol. The van der Waals surface area contributed by atoms with Crippen molar-refractivity contribution in [3.05, 3.63) is 59.0 Å².